The van der Waals surface area contributed by atoms with Crippen LogP contribution in [0.4, 0.5) is 0 Å². The molecule has 4 rings (SSSR count). The van der Waals surface area contributed by atoms with E-state index in [1.54, 1.807) is 0 Å². The van der Waals surface area contributed by atoms with Gasteiger partial charge in [0.25, 0.3) is 0 Å². The molecule has 1 heterocycles. The molecule has 0 saturated heterocycles. The summed E-state index contributed by atoms with van der Waals surface area (Å²) in [5.41, 5.74) is 5.56. The Morgan fingerprint density at radius 1 is 1.06 bits per heavy atom. The molecular weight excluding hydrogens is 218 g/mol. The van der Waals surface area contributed by atoms with Crippen LogP contribution in [0.5, 0.6) is 0 Å². The van der Waals surface area contributed by atoms with Crippen LogP contribution in [0.15, 0.2) is 42.5 Å². The molecule has 0 saturated carbocycles. The number of fused-ring (bicyclic) bond motifs is 4. The summed E-state index contributed by atoms with van der Waals surface area (Å²) in [4.78, 5) is 0. The van der Waals surface area contributed by atoms with Gasteiger partial charge in [-0.1, -0.05) is 30.4 Å². The van der Waals surface area contributed by atoms with E-state index in [0.29, 0.717) is 0 Å². The molecule has 0 unspecified atom stereocenters. The van der Waals surface area contributed by atoms with E-state index in [0.717, 1.165) is 13.0 Å². The summed E-state index contributed by atoms with van der Waals surface area (Å²) in [5, 5.41) is 2.78. The minimum atomic E-state index is 1.02. The summed E-state index contributed by atoms with van der Waals surface area (Å²) in [7, 11) is 0. The fourth-order valence-electron chi connectivity index (χ4n) is 3.14. The fourth-order valence-corrected chi connectivity index (χ4v) is 3.14. The highest BCUT2D eigenvalue weighted by atomic mass is 15.0. The maximum Gasteiger partial charge on any atom is 0.0497 e. The molecule has 3 aromatic rings. The topological polar surface area (TPSA) is 4.93 Å². The van der Waals surface area contributed by atoms with Crippen LogP contribution in [-0.4, -0.2) is 4.57 Å². The Hall–Kier alpha value is -2.02. The number of allylic oxidation sites excluding steroid dienone is 1. The molecule has 0 amide bonds. The number of aryl methyl sites for hydroxylation is 1. The van der Waals surface area contributed by atoms with Gasteiger partial charge in [0, 0.05) is 28.4 Å². The summed E-state index contributed by atoms with van der Waals surface area (Å²) in [6, 6.07) is 13.4. The first-order chi connectivity index (χ1) is 8.88. The minimum Gasteiger partial charge on any atom is -0.341 e. The Labute approximate surface area is 106 Å². The second-order valence-corrected chi connectivity index (χ2v) is 4.94. The van der Waals surface area contributed by atoms with E-state index < -0.39 is 0 Å². The van der Waals surface area contributed by atoms with E-state index in [-0.39, 0.29) is 0 Å². The molecule has 88 valence electrons. The molecule has 1 heteroatoms. The highest BCUT2D eigenvalue weighted by Gasteiger charge is 2.13. The fraction of sp³-hybridized carbons (Fsp3) is 0.176. The molecule has 0 fully saturated rings. The van der Waals surface area contributed by atoms with Crippen molar-refractivity contribution >= 4 is 27.9 Å². The standard InChI is InChI=1S/C17H15N/c1-2-18-16-9-4-3-8-14(16)15-10-12-6-5-7-13(12)11-17(15)18/h3-5,7-11H,2,6H2,1H3. The van der Waals surface area contributed by atoms with E-state index in [4.69, 9.17) is 0 Å². The third kappa shape index (κ3) is 1.16. The van der Waals surface area contributed by atoms with Gasteiger partial charge in [-0.15, -0.1) is 0 Å². The largest absolute Gasteiger partial charge is 0.341 e. The number of hydrogen-bond acceptors (Lipinski definition) is 0. The van der Waals surface area contributed by atoms with Gasteiger partial charge in [0.15, 0.2) is 0 Å². The zero-order chi connectivity index (χ0) is 12.1. The Bertz CT molecular complexity index is 790. The molecular formula is C17H15N. The molecule has 1 aromatic heterocycles. The van der Waals surface area contributed by atoms with Crippen LogP contribution in [-0.2, 0) is 13.0 Å². The van der Waals surface area contributed by atoms with E-state index in [1.807, 2.05) is 0 Å². The van der Waals surface area contributed by atoms with E-state index in [9.17, 15) is 0 Å². The van der Waals surface area contributed by atoms with Gasteiger partial charge >= 0.3 is 0 Å². The lowest BCUT2D eigenvalue weighted by Crippen LogP contribution is -1.93. The average molecular weight is 233 g/mol. The maximum atomic E-state index is 2.41. The number of para-hydroxylation sites is 1. The van der Waals surface area contributed by atoms with Crippen molar-refractivity contribution in [3.8, 4) is 0 Å². The highest BCUT2D eigenvalue weighted by molar-refractivity contribution is 6.09. The Kier molecular flexibility index (Phi) is 1.93. The summed E-state index contributed by atoms with van der Waals surface area (Å²) >= 11 is 0. The molecule has 2 aromatic carbocycles. The SMILES string of the molecule is CCn1c2ccccc2c2cc3c(cc21)C=CC3. The molecule has 0 N–H and O–H groups in total. The van der Waals surface area contributed by atoms with Crippen molar-refractivity contribution < 1.29 is 0 Å². The molecule has 0 atom stereocenters. The van der Waals surface area contributed by atoms with Crippen molar-refractivity contribution in [3.05, 3.63) is 53.6 Å². The van der Waals surface area contributed by atoms with Crippen LogP contribution in [0.2, 0.25) is 0 Å². The smallest absolute Gasteiger partial charge is 0.0497 e. The molecule has 0 aliphatic heterocycles. The van der Waals surface area contributed by atoms with Crippen LogP contribution < -0.4 is 0 Å². The van der Waals surface area contributed by atoms with E-state index in [2.05, 4.69) is 60.0 Å². The van der Waals surface area contributed by atoms with Crippen LogP contribution in [0.1, 0.15) is 18.1 Å². The molecule has 1 aliphatic carbocycles. The van der Waals surface area contributed by atoms with E-state index >= 15 is 0 Å². The molecule has 0 spiro atoms. The maximum absolute atomic E-state index is 2.41. The van der Waals surface area contributed by atoms with Crippen molar-refractivity contribution in [2.24, 2.45) is 0 Å². The van der Waals surface area contributed by atoms with Crippen LogP contribution >= 0.6 is 0 Å². The van der Waals surface area contributed by atoms with Gasteiger partial charge in [-0.25, -0.2) is 0 Å². The molecule has 1 aliphatic rings. The van der Waals surface area contributed by atoms with Crippen LogP contribution in [0.3, 0.4) is 0 Å². The lowest BCUT2D eigenvalue weighted by molar-refractivity contribution is 0.827. The van der Waals surface area contributed by atoms with Crippen molar-refractivity contribution in [3.63, 3.8) is 0 Å². The summed E-state index contributed by atoms with van der Waals surface area (Å²) < 4.78 is 2.41. The van der Waals surface area contributed by atoms with Gasteiger partial charge in [-0.05, 0) is 42.7 Å². The summed E-state index contributed by atoms with van der Waals surface area (Å²) in [5.74, 6) is 0. The van der Waals surface area contributed by atoms with E-state index in [1.165, 1.54) is 32.9 Å². The van der Waals surface area contributed by atoms with Crippen molar-refractivity contribution in [1.82, 2.24) is 4.57 Å². The highest BCUT2D eigenvalue weighted by Crippen LogP contribution is 2.33. The van der Waals surface area contributed by atoms with Gasteiger partial charge in [0.05, 0.1) is 0 Å². The van der Waals surface area contributed by atoms with Crippen LogP contribution in [0, 0.1) is 0 Å². The lowest BCUT2D eigenvalue weighted by atomic mass is 10.1. The predicted molar refractivity (Wildman–Crippen MR) is 77.9 cm³/mol. The second-order valence-electron chi connectivity index (χ2n) is 4.94. The summed E-state index contributed by atoms with van der Waals surface area (Å²) in [6.07, 6.45) is 5.57. The lowest BCUT2D eigenvalue weighted by Gasteiger charge is -2.04. The van der Waals surface area contributed by atoms with Gasteiger partial charge in [0.1, 0.15) is 0 Å². The first-order valence-electron chi connectivity index (χ1n) is 6.59. The second kappa shape index (κ2) is 3.49. The molecule has 1 nitrogen and oxygen atoms in total. The monoisotopic (exact) mass is 233 g/mol. The van der Waals surface area contributed by atoms with Crippen molar-refractivity contribution in [2.75, 3.05) is 0 Å². The van der Waals surface area contributed by atoms with Crippen molar-refractivity contribution in [1.29, 1.82) is 0 Å². The molecule has 0 radical (unpaired) electrons. The minimum absolute atomic E-state index is 1.02. The first-order valence-corrected chi connectivity index (χ1v) is 6.59. The zero-order valence-electron chi connectivity index (χ0n) is 10.5. The van der Waals surface area contributed by atoms with Gasteiger partial charge in [0.2, 0.25) is 0 Å². The number of benzene rings is 2. The zero-order valence-corrected chi connectivity index (χ0v) is 10.5. The third-order valence-corrected chi connectivity index (χ3v) is 3.98. The third-order valence-electron chi connectivity index (χ3n) is 3.98. The number of aromatic nitrogens is 1. The van der Waals surface area contributed by atoms with Gasteiger partial charge < -0.3 is 4.57 Å². The van der Waals surface area contributed by atoms with Gasteiger partial charge in [-0.2, -0.15) is 0 Å². The Balaban J connectivity index is 2.23. The first kappa shape index (κ1) is 9.95. The Morgan fingerprint density at radius 3 is 2.83 bits per heavy atom. The predicted octanol–water partition coefficient (Wildman–Crippen LogP) is 4.38. The molecule has 0 bridgehead atoms. The van der Waals surface area contributed by atoms with Crippen LogP contribution in [0.25, 0.3) is 27.9 Å². The normalized spacial score (nSPS) is 13.6. The summed E-state index contributed by atoms with van der Waals surface area (Å²) in [6.45, 7) is 3.24. The van der Waals surface area contributed by atoms with Crippen molar-refractivity contribution in [2.45, 2.75) is 19.9 Å². The average Bonchev–Trinajstić information content (AvgIpc) is 2.97. The molecule has 18 heavy (non-hydrogen) atoms. The van der Waals surface area contributed by atoms with Gasteiger partial charge in [-0.3, -0.25) is 0 Å². The number of nitrogens with zero attached hydrogens (tertiary/aromatic N) is 1. The Morgan fingerprint density at radius 2 is 1.94 bits per heavy atom. The quantitative estimate of drug-likeness (QED) is 0.587. The number of hydrogen-bond donors (Lipinski definition) is 0. The number of rotatable bonds is 1.